The number of benzene rings is 1. The number of hydrogen-bond donors (Lipinski definition) is 1. The number of nitrogens with zero attached hydrogens (tertiary/aromatic N) is 1. The molecule has 0 saturated carbocycles. The van der Waals surface area contributed by atoms with Gasteiger partial charge in [0.05, 0.1) is 18.1 Å². The van der Waals surface area contributed by atoms with E-state index in [0.29, 0.717) is 39.5 Å². The third-order valence-electron chi connectivity index (χ3n) is 4.62. The van der Waals surface area contributed by atoms with Gasteiger partial charge in [0, 0.05) is 25.6 Å². The predicted molar refractivity (Wildman–Crippen MR) is 94.0 cm³/mol. The van der Waals surface area contributed by atoms with Crippen LogP contribution in [0.15, 0.2) is 23.1 Å². The Hall–Kier alpha value is -0.930. The molecule has 2 aliphatic rings. The largest absolute Gasteiger partial charge is 0.490 e. The first kappa shape index (κ1) is 20.4. The number of rotatable bonds is 6. The van der Waals surface area contributed by atoms with Crippen molar-refractivity contribution in [3.63, 3.8) is 0 Å². The van der Waals surface area contributed by atoms with E-state index in [4.69, 9.17) is 15.2 Å². The second kappa shape index (κ2) is 8.64. The fourth-order valence-corrected chi connectivity index (χ4v) is 4.58. The number of ether oxygens (including phenoxy) is 2. The smallest absolute Gasteiger partial charge is 0.243 e. The minimum absolute atomic E-state index is 0. The van der Waals surface area contributed by atoms with E-state index in [0.717, 1.165) is 18.9 Å². The summed E-state index contributed by atoms with van der Waals surface area (Å²) in [6.45, 7) is 2.95. The summed E-state index contributed by atoms with van der Waals surface area (Å²) in [6.07, 6.45) is 1.63. The van der Waals surface area contributed by atoms with E-state index in [1.165, 1.54) is 16.4 Å². The van der Waals surface area contributed by atoms with E-state index < -0.39 is 15.8 Å². The Balaban J connectivity index is 0.00000225. The van der Waals surface area contributed by atoms with E-state index in [-0.39, 0.29) is 34.9 Å². The molecule has 2 aliphatic heterocycles. The molecule has 0 spiro atoms. The van der Waals surface area contributed by atoms with Crippen molar-refractivity contribution >= 4 is 22.4 Å². The first-order valence-electron chi connectivity index (χ1n) is 8.21. The lowest BCUT2D eigenvalue weighted by molar-refractivity contribution is 0.165. The number of sulfonamides is 1. The zero-order valence-corrected chi connectivity index (χ0v) is 15.5. The second-order valence-electron chi connectivity index (χ2n) is 6.39. The van der Waals surface area contributed by atoms with Gasteiger partial charge >= 0.3 is 0 Å². The first-order chi connectivity index (χ1) is 11.5. The van der Waals surface area contributed by atoms with Crippen LogP contribution in [0, 0.1) is 17.7 Å². The molecule has 2 N–H and O–H groups in total. The fraction of sp³-hybridized carbons (Fsp3) is 0.625. The molecule has 1 aromatic rings. The summed E-state index contributed by atoms with van der Waals surface area (Å²) in [4.78, 5) is -0.0470. The van der Waals surface area contributed by atoms with Gasteiger partial charge in [-0.25, -0.2) is 12.8 Å². The maximum Gasteiger partial charge on any atom is 0.243 e. The fourth-order valence-electron chi connectivity index (χ4n) is 3.04. The van der Waals surface area contributed by atoms with Crippen molar-refractivity contribution in [2.75, 3.05) is 39.5 Å². The molecule has 2 heterocycles. The number of hydrogen-bond acceptors (Lipinski definition) is 5. The monoisotopic (exact) mass is 394 g/mol. The standard InChI is InChI=1S/C16H23FN2O4S.ClH/c17-15-7-14(24(20,21)19-5-3-12(8-18)9-19)1-2-16(15)23-11-13-4-6-22-10-13;/h1-2,7,12-13H,3-6,8-11,18H2;1H. The van der Waals surface area contributed by atoms with Crippen molar-refractivity contribution in [3.05, 3.63) is 24.0 Å². The van der Waals surface area contributed by atoms with Crippen LogP contribution >= 0.6 is 12.4 Å². The van der Waals surface area contributed by atoms with Gasteiger partial charge in [0.1, 0.15) is 0 Å². The first-order valence-corrected chi connectivity index (χ1v) is 9.65. The van der Waals surface area contributed by atoms with Crippen molar-refractivity contribution < 1.29 is 22.3 Å². The topological polar surface area (TPSA) is 81.9 Å². The summed E-state index contributed by atoms with van der Waals surface area (Å²) in [5.74, 6) is -0.168. The van der Waals surface area contributed by atoms with Gasteiger partial charge in [-0.2, -0.15) is 4.31 Å². The summed E-state index contributed by atoms with van der Waals surface area (Å²) in [6, 6.07) is 3.81. The lowest BCUT2D eigenvalue weighted by atomic mass is 10.1. The molecule has 2 atom stereocenters. The molecule has 1 aromatic carbocycles. The molecule has 142 valence electrons. The molecular formula is C16H24ClFN2O4S. The summed E-state index contributed by atoms with van der Waals surface area (Å²) in [5.41, 5.74) is 5.60. The molecule has 25 heavy (non-hydrogen) atoms. The van der Waals surface area contributed by atoms with E-state index in [2.05, 4.69) is 0 Å². The zero-order valence-electron chi connectivity index (χ0n) is 13.9. The van der Waals surface area contributed by atoms with Crippen LogP contribution in [-0.4, -0.2) is 52.2 Å². The normalized spacial score (nSPS) is 24.2. The predicted octanol–water partition coefficient (Wildman–Crippen LogP) is 1.63. The van der Waals surface area contributed by atoms with Gasteiger partial charge in [-0.15, -0.1) is 12.4 Å². The van der Waals surface area contributed by atoms with Crippen molar-refractivity contribution in [2.24, 2.45) is 17.6 Å². The minimum Gasteiger partial charge on any atom is -0.490 e. The summed E-state index contributed by atoms with van der Waals surface area (Å²) < 4.78 is 51.5. The quantitative estimate of drug-likeness (QED) is 0.793. The lowest BCUT2D eigenvalue weighted by Gasteiger charge is -2.17. The van der Waals surface area contributed by atoms with Gasteiger partial charge < -0.3 is 15.2 Å². The molecule has 9 heteroatoms. The van der Waals surface area contributed by atoms with Crippen LogP contribution in [0.4, 0.5) is 4.39 Å². The maximum atomic E-state index is 14.2. The van der Waals surface area contributed by atoms with Crippen LogP contribution in [0.1, 0.15) is 12.8 Å². The number of nitrogens with two attached hydrogens (primary N) is 1. The highest BCUT2D eigenvalue weighted by Gasteiger charge is 2.32. The zero-order chi connectivity index (χ0) is 17.2. The summed E-state index contributed by atoms with van der Waals surface area (Å²) in [7, 11) is -3.69. The highest BCUT2D eigenvalue weighted by atomic mass is 35.5. The molecule has 3 rings (SSSR count). The van der Waals surface area contributed by atoms with Gasteiger partial charge in [0.2, 0.25) is 10.0 Å². The van der Waals surface area contributed by atoms with Gasteiger partial charge in [-0.05, 0) is 43.5 Å². The molecule has 2 saturated heterocycles. The highest BCUT2D eigenvalue weighted by molar-refractivity contribution is 7.89. The molecule has 6 nitrogen and oxygen atoms in total. The Morgan fingerprint density at radius 1 is 1.32 bits per heavy atom. The van der Waals surface area contributed by atoms with Crippen molar-refractivity contribution in [3.8, 4) is 5.75 Å². The van der Waals surface area contributed by atoms with Crippen molar-refractivity contribution in [2.45, 2.75) is 17.7 Å². The molecule has 0 amide bonds. The molecule has 2 fully saturated rings. The Morgan fingerprint density at radius 2 is 2.12 bits per heavy atom. The average Bonchev–Trinajstić information content (AvgIpc) is 3.25. The highest BCUT2D eigenvalue weighted by Crippen LogP contribution is 2.27. The molecule has 0 radical (unpaired) electrons. The molecular weight excluding hydrogens is 371 g/mol. The molecule has 0 aromatic heterocycles. The van der Waals surface area contributed by atoms with Crippen LogP contribution in [0.3, 0.4) is 0 Å². The Kier molecular flexibility index (Phi) is 7.04. The van der Waals surface area contributed by atoms with Crippen LogP contribution in [0.5, 0.6) is 5.75 Å². The van der Waals surface area contributed by atoms with E-state index in [9.17, 15) is 12.8 Å². The van der Waals surface area contributed by atoms with E-state index in [1.54, 1.807) is 0 Å². The van der Waals surface area contributed by atoms with E-state index >= 15 is 0 Å². The van der Waals surface area contributed by atoms with Gasteiger partial charge in [-0.1, -0.05) is 0 Å². The second-order valence-corrected chi connectivity index (χ2v) is 8.32. The third-order valence-corrected chi connectivity index (χ3v) is 6.48. The maximum absolute atomic E-state index is 14.2. The minimum atomic E-state index is -3.69. The Bertz CT molecular complexity index is 683. The average molecular weight is 395 g/mol. The van der Waals surface area contributed by atoms with Crippen LogP contribution in [-0.2, 0) is 14.8 Å². The molecule has 0 bridgehead atoms. The molecule has 0 aliphatic carbocycles. The lowest BCUT2D eigenvalue weighted by Crippen LogP contribution is -2.30. The summed E-state index contributed by atoms with van der Waals surface area (Å²) >= 11 is 0. The Morgan fingerprint density at radius 3 is 2.72 bits per heavy atom. The van der Waals surface area contributed by atoms with Crippen molar-refractivity contribution in [1.29, 1.82) is 0 Å². The van der Waals surface area contributed by atoms with Gasteiger partial charge in [-0.3, -0.25) is 0 Å². The van der Waals surface area contributed by atoms with E-state index in [1.807, 2.05) is 0 Å². The van der Waals surface area contributed by atoms with Gasteiger partial charge in [0.25, 0.3) is 0 Å². The van der Waals surface area contributed by atoms with Gasteiger partial charge in [0.15, 0.2) is 11.6 Å². The van der Waals surface area contributed by atoms with Crippen LogP contribution < -0.4 is 10.5 Å². The SMILES string of the molecule is Cl.NCC1CCN(S(=O)(=O)c2ccc(OCC3CCOC3)c(F)c2)C1. The number of halogens is 2. The van der Waals surface area contributed by atoms with Crippen LogP contribution in [0.25, 0.3) is 0 Å². The Labute approximate surface area is 153 Å². The molecule has 2 unspecified atom stereocenters. The van der Waals surface area contributed by atoms with Crippen LogP contribution in [0.2, 0.25) is 0 Å². The van der Waals surface area contributed by atoms with Crippen molar-refractivity contribution in [1.82, 2.24) is 4.31 Å². The summed E-state index contributed by atoms with van der Waals surface area (Å²) in [5, 5.41) is 0. The third kappa shape index (κ3) is 4.62.